The van der Waals surface area contributed by atoms with Crippen molar-refractivity contribution in [2.75, 3.05) is 11.5 Å². The summed E-state index contributed by atoms with van der Waals surface area (Å²) in [6.07, 6.45) is 8.64. The Morgan fingerprint density at radius 3 is 2.11 bits per heavy atom. The molecular formula is C30H26FNO4. The first-order chi connectivity index (χ1) is 17.5. The Balaban J connectivity index is 1.14. The SMILES string of the molecule is O=C(/C=C/c1ccc(CCCCOCc2ccc(N3C(=O)C=CC3=O)cc2)cc1)c1ccc(F)cc1. The van der Waals surface area contributed by atoms with E-state index in [1.807, 2.05) is 24.3 Å². The van der Waals surface area contributed by atoms with Crippen molar-refractivity contribution >= 4 is 29.4 Å². The average molecular weight is 484 g/mol. The molecule has 5 nitrogen and oxygen atoms in total. The fraction of sp³-hybridized carbons (Fsp3) is 0.167. The Morgan fingerprint density at radius 1 is 0.806 bits per heavy atom. The van der Waals surface area contributed by atoms with Gasteiger partial charge in [0.05, 0.1) is 12.3 Å². The fourth-order valence-electron chi connectivity index (χ4n) is 3.80. The zero-order valence-corrected chi connectivity index (χ0v) is 19.7. The zero-order chi connectivity index (χ0) is 25.3. The lowest BCUT2D eigenvalue weighted by Gasteiger charge is -2.14. The summed E-state index contributed by atoms with van der Waals surface area (Å²) in [5, 5.41) is 0. The van der Waals surface area contributed by atoms with E-state index in [1.165, 1.54) is 48.1 Å². The lowest BCUT2D eigenvalue weighted by molar-refractivity contribution is -0.119. The van der Waals surface area contributed by atoms with E-state index in [0.717, 1.165) is 35.3 Å². The zero-order valence-electron chi connectivity index (χ0n) is 19.7. The molecule has 182 valence electrons. The third kappa shape index (κ3) is 6.71. The number of carbonyl (C=O) groups excluding carboxylic acids is 3. The summed E-state index contributed by atoms with van der Waals surface area (Å²) in [5.41, 5.74) is 4.13. The summed E-state index contributed by atoms with van der Waals surface area (Å²) in [4.78, 5) is 36.8. The maximum Gasteiger partial charge on any atom is 0.258 e. The molecule has 1 aliphatic rings. The molecular weight excluding hydrogens is 457 g/mol. The second-order valence-corrected chi connectivity index (χ2v) is 8.47. The van der Waals surface area contributed by atoms with Gasteiger partial charge in [-0.05, 0) is 78.4 Å². The molecule has 1 aliphatic heterocycles. The van der Waals surface area contributed by atoms with E-state index >= 15 is 0 Å². The number of imide groups is 1. The van der Waals surface area contributed by atoms with Gasteiger partial charge in [-0.2, -0.15) is 0 Å². The van der Waals surface area contributed by atoms with Gasteiger partial charge in [-0.15, -0.1) is 0 Å². The highest BCUT2D eigenvalue weighted by atomic mass is 19.1. The van der Waals surface area contributed by atoms with Crippen LogP contribution in [0.3, 0.4) is 0 Å². The molecule has 3 aromatic carbocycles. The molecule has 6 heteroatoms. The first-order valence-electron chi connectivity index (χ1n) is 11.8. The number of carbonyl (C=O) groups is 3. The summed E-state index contributed by atoms with van der Waals surface area (Å²) in [7, 11) is 0. The molecule has 3 aromatic rings. The molecule has 4 rings (SSSR count). The third-order valence-corrected chi connectivity index (χ3v) is 5.81. The van der Waals surface area contributed by atoms with E-state index in [-0.39, 0.29) is 23.4 Å². The van der Waals surface area contributed by atoms with Crippen molar-refractivity contribution < 1.29 is 23.5 Å². The first-order valence-corrected chi connectivity index (χ1v) is 11.8. The van der Waals surface area contributed by atoms with Crippen molar-refractivity contribution in [2.24, 2.45) is 0 Å². The average Bonchev–Trinajstić information content (AvgIpc) is 3.23. The van der Waals surface area contributed by atoms with Crippen LogP contribution in [0.1, 0.15) is 39.9 Å². The molecule has 0 spiro atoms. The molecule has 0 saturated heterocycles. The van der Waals surface area contributed by atoms with Gasteiger partial charge in [-0.3, -0.25) is 14.4 Å². The minimum absolute atomic E-state index is 0.163. The van der Waals surface area contributed by atoms with Gasteiger partial charge in [-0.25, -0.2) is 9.29 Å². The summed E-state index contributed by atoms with van der Waals surface area (Å²) >= 11 is 0. The van der Waals surface area contributed by atoms with E-state index in [0.29, 0.717) is 24.5 Å². The van der Waals surface area contributed by atoms with Gasteiger partial charge in [0.25, 0.3) is 11.8 Å². The summed E-state index contributed by atoms with van der Waals surface area (Å²) in [6, 6.07) is 20.8. The lowest BCUT2D eigenvalue weighted by Crippen LogP contribution is -2.29. The molecule has 0 fully saturated rings. The maximum absolute atomic E-state index is 13.0. The maximum atomic E-state index is 13.0. The molecule has 36 heavy (non-hydrogen) atoms. The highest BCUT2D eigenvalue weighted by molar-refractivity contribution is 6.28. The van der Waals surface area contributed by atoms with Crippen LogP contribution in [-0.4, -0.2) is 24.2 Å². The monoisotopic (exact) mass is 483 g/mol. The predicted molar refractivity (Wildman–Crippen MR) is 137 cm³/mol. The number of unbranched alkanes of at least 4 members (excludes halogenated alkanes) is 1. The molecule has 0 N–H and O–H groups in total. The number of rotatable bonds is 11. The molecule has 0 unspecified atom stereocenters. The fourth-order valence-corrected chi connectivity index (χ4v) is 3.80. The number of hydrogen-bond donors (Lipinski definition) is 0. The molecule has 0 radical (unpaired) electrons. The number of ketones is 1. The van der Waals surface area contributed by atoms with E-state index in [2.05, 4.69) is 12.1 Å². The van der Waals surface area contributed by atoms with E-state index in [1.54, 1.807) is 18.2 Å². The van der Waals surface area contributed by atoms with Crippen molar-refractivity contribution in [1.82, 2.24) is 0 Å². The molecule has 0 aromatic heterocycles. The second-order valence-electron chi connectivity index (χ2n) is 8.47. The van der Waals surface area contributed by atoms with Crippen LogP contribution in [0.4, 0.5) is 10.1 Å². The Bertz CT molecular complexity index is 1260. The molecule has 1 heterocycles. The number of halogens is 1. The van der Waals surface area contributed by atoms with Crippen molar-refractivity contribution in [3.63, 3.8) is 0 Å². The van der Waals surface area contributed by atoms with E-state index < -0.39 is 0 Å². The van der Waals surface area contributed by atoms with Crippen molar-refractivity contribution in [2.45, 2.75) is 25.9 Å². The number of allylic oxidation sites excluding steroid dienone is 1. The molecule has 0 bridgehead atoms. The minimum atomic E-state index is -0.363. The second kappa shape index (κ2) is 12.0. The van der Waals surface area contributed by atoms with E-state index in [4.69, 9.17) is 4.74 Å². The van der Waals surface area contributed by atoms with Crippen LogP contribution in [-0.2, 0) is 27.4 Å². The van der Waals surface area contributed by atoms with Gasteiger partial charge in [0.1, 0.15) is 5.82 Å². The summed E-state index contributed by atoms with van der Waals surface area (Å²) in [5.74, 6) is -1.18. The van der Waals surface area contributed by atoms with Crippen LogP contribution in [0, 0.1) is 5.82 Å². The molecule has 0 aliphatic carbocycles. The number of hydrogen-bond acceptors (Lipinski definition) is 4. The van der Waals surface area contributed by atoms with Crippen molar-refractivity contribution in [1.29, 1.82) is 0 Å². The first kappa shape index (κ1) is 24.9. The number of aryl methyl sites for hydroxylation is 1. The lowest BCUT2D eigenvalue weighted by atomic mass is 10.0. The van der Waals surface area contributed by atoms with Crippen LogP contribution < -0.4 is 4.90 Å². The number of amides is 2. The Kier molecular flexibility index (Phi) is 8.32. The summed E-state index contributed by atoms with van der Waals surface area (Å²) < 4.78 is 18.7. The Hall–Kier alpha value is -4.16. The number of ether oxygens (including phenoxy) is 1. The summed E-state index contributed by atoms with van der Waals surface area (Å²) in [6.45, 7) is 1.11. The predicted octanol–water partition coefficient (Wildman–Crippen LogP) is 5.69. The minimum Gasteiger partial charge on any atom is -0.377 e. The quantitative estimate of drug-likeness (QED) is 0.152. The standard InChI is InChI=1S/C30H26FNO4/c31-26-13-11-25(12-14-26)28(33)17-10-23-6-4-22(5-7-23)3-1-2-20-36-21-24-8-15-27(16-9-24)32-29(34)18-19-30(32)35/h4-19H,1-3,20-21H2/b17-10+. The molecule has 0 saturated carbocycles. The third-order valence-electron chi connectivity index (χ3n) is 5.81. The highest BCUT2D eigenvalue weighted by Crippen LogP contribution is 2.20. The molecule has 2 amide bonds. The van der Waals surface area contributed by atoms with E-state index in [9.17, 15) is 18.8 Å². The Labute approximate surface area is 209 Å². The van der Waals surface area contributed by atoms with Crippen LogP contribution in [0.25, 0.3) is 6.08 Å². The molecule has 0 atom stereocenters. The normalized spacial score (nSPS) is 13.2. The number of benzene rings is 3. The van der Waals surface area contributed by atoms with Crippen LogP contribution in [0.15, 0.2) is 91.0 Å². The van der Waals surface area contributed by atoms with Crippen LogP contribution in [0.2, 0.25) is 0 Å². The van der Waals surface area contributed by atoms with Crippen molar-refractivity contribution in [3.05, 3.63) is 119 Å². The topological polar surface area (TPSA) is 63.7 Å². The van der Waals surface area contributed by atoms with Crippen LogP contribution in [0.5, 0.6) is 0 Å². The van der Waals surface area contributed by atoms with Gasteiger partial charge in [0.2, 0.25) is 0 Å². The van der Waals surface area contributed by atoms with Gasteiger partial charge < -0.3 is 4.74 Å². The van der Waals surface area contributed by atoms with Crippen LogP contribution >= 0.6 is 0 Å². The van der Waals surface area contributed by atoms with Gasteiger partial charge >= 0.3 is 0 Å². The number of nitrogens with zero attached hydrogens (tertiary/aromatic N) is 1. The number of anilines is 1. The van der Waals surface area contributed by atoms with Crippen molar-refractivity contribution in [3.8, 4) is 0 Å². The van der Waals surface area contributed by atoms with Gasteiger partial charge in [-0.1, -0.05) is 42.5 Å². The smallest absolute Gasteiger partial charge is 0.258 e. The van der Waals surface area contributed by atoms with Gasteiger partial charge in [0.15, 0.2) is 5.78 Å². The Morgan fingerprint density at radius 2 is 1.44 bits per heavy atom. The largest absolute Gasteiger partial charge is 0.377 e. The highest BCUT2D eigenvalue weighted by Gasteiger charge is 2.24. The van der Waals surface area contributed by atoms with Gasteiger partial charge in [0, 0.05) is 24.3 Å².